The number of aryl methyl sites for hydroxylation is 2. The molecule has 146 valence electrons. The fourth-order valence-corrected chi connectivity index (χ4v) is 3.53. The SMILES string of the molecule is CCc1ccc(/C=C2\Oc3cc(OCc4ccccc4Cl)cc(C)c3C2=O)cc1. The van der Waals surface area contributed by atoms with Crippen molar-refractivity contribution in [2.45, 2.75) is 26.9 Å². The van der Waals surface area contributed by atoms with Crippen molar-refractivity contribution in [3.8, 4) is 11.5 Å². The number of rotatable bonds is 5. The van der Waals surface area contributed by atoms with Crippen LogP contribution in [0.15, 0.2) is 66.4 Å². The highest BCUT2D eigenvalue weighted by Gasteiger charge is 2.30. The summed E-state index contributed by atoms with van der Waals surface area (Å²) in [5, 5.41) is 0.663. The summed E-state index contributed by atoms with van der Waals surface area (Å²) < 4.78 is 11.8. The van der Waals surface area contributed by atoms with E-state index >= 15 is 0 Å². The number of carbonyl (C=O) groups excluding carboxylic acids is 1. The van der Waals surface area contributed by atoms with Crippen molar-refractivity contribution >= 4 is 23.5 Å². The van der Waals surface area contributed by atoms with Crippen LogP contribution in [0.5, 0.6) is 11.5 Å². The number of fused-ring (bicyclic) bond motifs is 1. The Labute approximate surface area is 175 Å². The van der Waals surface area contributed by atoms with E-state index < -0.39 is 0 Å². The molecule has 4 heteroatoms. The van der Waals surface area contributed by atoms with E-state index in [4.69, 9.17) is 21.1 Å². The molecule has 3 aromatic rings. The highest BCUT2D eigenvalue weighted by molar-refractivity contribution is 6.31. The molecule has 0 unspecified atom stereocenters. The largest absolute Gasteiger partial charge is 0.489 e. The van der Waals surface area contributed by atoms with Crippen molar-refractivity contribution < 1.29 is 14.3 Å². The van der Waals surface area contributed by atoms with Gasteiger partial charge in [-0.1, -0.05) is 61.0 Å². The second-order valence-electron chi connectivity index (χ2n) is 7.03. The Hall–Kier alpha value is -3.04. The maximum Gasteiger partial charge on any atom is 0.232 e. The second kappa shape index (κ2) is 8.14. The number of ether oxygens (including phenoxy) is 2. The van der Waals surface area contributed by atoms with Gasteiger partial charge in [0.05, 0.1) is 5.56 Å². The van der Waals surface area contributed by atoms with Gasteiger partial charge >= 0.3 is 0 Å². The predicted octanol–water partition coefficient (Wildman–Crippen LogP) is 6.41. The van der Waals surface area contributed by atoms with Gasteiger partial charge in [0, 0.05) is 16.7 Å². The number of carbonyl (C=O) groups is 1. The standard InChI is InChI=1S/C25H21ClO3/c1-3-17-8-10-18(11-9-17)13-23-25(27)24-16(2)12-20(14-22(24)29-23)28-15-19-6-4-5-7-21(19)26/h4-14H,3,15H2,1-2H3/b23-13-. The summed E-state index contributed by atoms with van der Waals surface area (Å²) in [6, 6.07) is 19.3. The normalized spacial score (nSPS) is 14.0. The van der Waals surface area contributed by atoms with Gasteiger partial charge in [-0.3, -0.25) is 4.79 Å². The average Bonchev–Trinajstić information content (AvgIpc) is 3.03. The molecule has 0 aliphatic carbocycles. The number of halogens is 1. The molecule has 1 aliphatic heterocycles. The zero-order valence-electron chi connectivity index (χ0n) is 16.4. The number of hydrogen-bond acceptors (Lipinski definition) is 3. The first-order valence-corrected chi connectivity index (χ1v) is 9.97. The number of allylic oxidation sites excluding steroid dienone is 1. The lowest BCUT2D eigenvalue weighted by atomic mass is 10.0. The quantitative estimate of drug-likeness (QED) is 0.461. The summed E-state index contributed by atoms with van der Waals surface area (Å²) in [7, 11) is 0. The van der Waals surface area contributed by atoms with E-state index in [0.29, 0.717) is 34.5 Å². The van der Waals surface area contributed by atoms with E-state index in [-0.39, 0.29) is 5.78 Å². The van der Waals surface area contributed by atoms with E-state index in [9.17, 15) is 4.79 Å². The number of ketones is 1. The van der Waals surface area contributed by atoms with Crippen molar-refractivity contribution in [3.05, 3.63) is 99.3 Å². The van der Waals surface area contributed by atoms with Crippen LogP contribution in [0, 0.1) is 6.92 Å². The van der Waals surface area contributed by atoms with Gasteiger partial charge in [-0.05, 0) is 48.2 Å². The van der Waals surface area contributed by atoms with Gasteiger partial charge in [0.15, 0.2) is 5.76 Å². The van der Waals surface area contributed by atoms with Crippen LogP contribution in [-0.4, -0.2) is 5.78 Å². The number of benzene rings is 3. The monoisotopic (exact) mass is 404 g/mol. The first kappa shape index (κ1) is 19.3. The molecule has 0 spiro atoms. The fourth-order valence-electron chi connectivity index (χ4n) is 3.34. The van der Waals surface area contributed by atoms with Crippen molar-refractivity contribution in [2.24, 2.45) is 0 Å². The molecule has 29 heavy (non-hydrogen) atoms. The van der Waals surface area contributed by atoms with Gasteiger partial charge in [0.2, 0.25) is 5.78 Å². The molecule has 3 aromatic carbocycles. The van der Waals surface area contributed by atoms with Crippen LogP contribution in [0.1, 0.15) is 39.5 Å². The van der Waals surface area contributed by atoms with Crippen LogP contribution in [0.3, 0.4) is 0 Å². The maximum absolute atomic E-state index is 12.8. The Bertz CT molecular complexity index is 1100. The Morgan fingerprint density at radius 3 is 2.55 bits per heavy atom. The minimum absolute atomic E-state index is 0.102. The summed E-state index contributed by atoms with van der Waals surface area (Å²) in [6.07, 6.45) is 2.76. The zero-order valence-corrected chi connectivity index (χ0v) is 17.1. The topological polar surface area (TPSA) is 35.5 Å². The third-order valence-electron chi connectivity index (χ3n) is 4.98. The third-order valence-corrected chi connectivity index (χ3v) is 5.35. The van der Waals surface area contributed by atoms with Gasteiger partial charge in [-0.25, -0.2) is 0 Å². The zero-order chi connectivity index (χ0) is 20.4. The van der Waals surface area contributed by atoms with Gasteiger partial charge in [0.25, 0.3) is 0 Å². The molecule has 0 saturated heterocycles. The Morgan fingerprint density at radius 2 is 1.83 bits per heavy atom. The van der Waals surface area contributed by atoms with E-state index in [1.807, 2.05) is 49.4 Å². The van der Waals surface area contributed by atoms with Crippen molar-refractivity contribution in [3.63, 3.8) is 0 Å². The molecule has 0 atom stereocenters. The van der Waals surface area contributed by atoms with Gasteiger partial charge in [-0.2, -0.15) is 0 Å². The summed E-state index contributed by atoms with van der Waals surface area (Å²) in [4.78, 5) is 12.8. The molecule has 0 amide bonds. The summed E-state index contributed by atoms with van der Waals surface area (Å²) >= 11 is 6.19. The lowest BCUT2D eigenvalue weighted by Gasteiger charge is -2.10. The van der Waals surface area contributed by atoms with E-state index in [1.54, 1.807) is 12.1 Å². The molecule has 0 saturated carbocycles. The fraction of sp³-hybridized carbons (Fsp3) is 0.160. The molecular weight excluding hydrogens is 384 g/mol. The number of Topliss-reactive ketones (excluding diaryl/α,β-unsaturated/α-hetero) is 1. The molecular formula is C25H21ClO3. The van der Waals surface area contributed by atoms with Crippen molar-refractivity contribution in [1.82, 2.24) is 0 Å². The van der Waals surface area contributed by atoms with Crippen molar-refractivity contribution in [1.29, 1.82) is 0 Å². The minimum Gasteiger partial charge on any atom is -0.489 e. The highest BCUT2D eigenvalue weighted by Crippen LogP contribution is 2.37. The van der Waals surface area contributed by atoms with Crippen molar-refractivity contribution in [2.75, 3.05) is 0 Å². The first-order valence-electron chi connectivity index (χ1n) is 9.59. The Balaban J connectivity index is 1.56. The molecule has 0 fully saturated rings. The summed E-state index contributed by atoms with van der Waals surface area (Å²) in [6.45, 7) is 4.35. The van der Waals surface area contributed by atoms with Gasteiger partial charge < -0.3 is 9.47 Å². The van der Waals surface area contributed by atoms with E-state index in [2.05, 4.69) is 19.1 Å². The summed E-state index contributed by atoms with van der Waals surface area (Å²) in [5.41, 5.74) is 4.51. The molecule has 1 heterocycles. The molecule has 4 rings (SSSR count). The second-order valence-corrected chi connectivity index (χ2v) is 7.44. The third kappa shape index (κ3) is 4.06. The predicted molar refractivity (Wildman–Crippen MR) is 116 cm³/mol. The Kier molecular flexibility index (Phi) is 5.41. The van der Waals surface area contributed by atoms with Crippen LogP contribution >= 0.6 is 11.6 Å². The van der Waals surface area contributed by atoms with Gasteiger partial charge in [0.1, 0.15) is 18.1 Å². The first-order chi connectivity index (χ1) is 14.0. The molecule has 0 radical (unpaired) electrons. The minimum atomic E-state index is -0.102. The lowest BCUT2D eigenvalue weighted by Crippen LogP contribution is -2.00. The lowest BCUT2D eigenvalue weighted by molar-refractivity contribution is 0.101. The number of hydrogen-bond donors (Lipinski definition) is 0. The van der Waals surface area contributed by atoms with E-state index in [0.717, 1.165) is 23.1 Å². The highest BCUT2D eigenvalue weighted by atomic mass is 35.5. The molecule has 0 bridgehead atoms. The Morgan fingerprint density at radius 1 is 1.07 bits per heavy atom. The maximum atomic E-state index is 12.8. The van der Waals surface area contributed by atoms with E-state index in [1.165, 1.54) is 5.56 Å². The summed E-state index contributed by atoms with van der Waals surface area (Å²) in [5.74, 6) is 1.40. The van der Waals surface area contributed by atoms with Crippen LogP contribution in [0.25, 0.3) is 6.08 Å². The smallest absolute Gasteiger partial charge is 0.232 e. The van der Waals surface area contributed by atoms with Gasteiger partial charge in [-0.15, -0.1) is 0 Å². The average molecular weight is 405 g/mol. The molecule has 3 nitrogen and oxygen atoms in total. The van der Waals surface area contributed by atoms with Crippen LogP contribution in [0.2, 0.25) is 5.02 Å². The van der Waals surface area contributed by atoms with Crippen LogP contribution < -0.4 is 9.47 Å². The van der Waals surface area contributed by atoms with Crippen LogP contribution in [0.4, 0.5) is 0 Å². The molecule has 0 N–H and O–H groups in total. The van der Waals surface area contributed by atoms with Crippen LogP contribution in [-0.2, 0) is 13.0 Å². The molecule has 0 aromatic heterocycles. The molecule has 1 aliphatic rings.